The van der Waals surface area contributed by atoms with Gasteiger partial charge in [-0.3, -0.25) is 9.59 Å². The molecule has 2 aromatic rings. The Hall–Kier alpha value is -1.73. The first kappa shape index (κ1) is 16.1. The second-order valence-corrected chi connectivity index (χ2v) is 8.33. The highest BCUT2D eigenvalue weighted by atomic mass is 32.1. The van der Waals surface area contributed by atoms with Gasteiger partial charge in [0, 0.05) is 4.88 Å². The Morgan fingerprint density at radius 1 is 1.30 bits per heavy atom. The maximum atomic E-state index is 12.5. The van der Waals surface area contributed by atoms with Crippen molar-refractivity contribution in [2.24, 2.45) is 11.7 Å². The molecule has 1 aliphatic carbocycles. The number of nitrogens with two attached hydrogens (primary N) is 1. The van der Waals surface area contributed by atoms with Gasteiger partial charge in [0.2, 0.25) is 0 Å². The Morgan fingerprint density at radius 2 is 2.04 bits per heavy atom. The van der Waals surface area contributed by atoms with Crippen LogP contribution in [0.3, 0.4) is 0 Å². The topological polar surface area (TPSA) is 85.1 Å². The second kappa shape index (κ2) is 6.05. The summed E-state index contributed by atoms with van der Waals surface area (Å²) in [5.74, 6) is -0.0939. The Labute approximate surface area is 142 Å². The zero-order valence-corrected chi connectivity index (χ0v) is 15.0. The molecule has 0 spiro atoms. The van der Waals surface area contributed by atoms with Gasteiger partial charge in [-0.25, -0.2) is 4.98 Å². The summed E-state index contributed by atoms with van der Waals surface area (Å²) >= 11 is 2.84. The number of thiophene rings is 1. The van der Waals surface area contributed by atoms with E-state index in [-0.39, 0.29) is 5.91 Å². The lowest BCUT2D eigenvalue weighted by Crippen LogP contribution is -2.19. The molecule has 0 radical (unpaired) electrons. The number of nitrogens with one attached hydrogen (secondary N) is 1. The number of fused-ring (bicyclic) bond motifs is 1. The van der Waals surface area contributed by atoms with Crippen molar-refractivity contribution in [1.29, 1.82) is 0 Å². The predicted molar refractivity (Wildman–Crippen MR) is 93.6 cm³/mol. The summed E-state index contributed by atoms with van der Waals surface area (Å²) in [6, 6.07) is 0. The van der Waals surface area contributed by atoms with Gasteiger partial charge in [-0.1, -0.05) is 6.92 Å². The molecular weight excluding hydrogens is 330 g/mol. The van der Waals surface area contributed by atoms with Gasteiger partial charge < -0.3 is 11.1 Å². The van der Waals surface area contributed by atoms with Crippen LogP contribution in [-0.2, 0) is 12.8 Å². The number of thiazole rings is 1. The Balaban J connectivity index is 1.95. The van der Waals surface area contributed by atoms with Crippen LogP contribution in [0.1, 0.15) is 54.5 Å². The van der Waals surface area contributed by atoms with Gasteiger partial charge in [0.05, 0.1) is 16.3 Å². The lowest BCUT2D eigenvalue weighted by molar-refractivity contribution is 0.1000. The minimum Gasteiger partial charge on any atom is -0.365 e. The third kappa shape index (κ3) is 3.03. The lowest BCUT2D eigenvalue weighted by Gasteiger charge is -2.18. The average molecular weight is 349 g/mol. The zero-order valence-electron chi connectivity index (χ0n) is 13.4. The fraction of sp³-hybridized carbons (Fsp3) is 0.438. The quantitative estimate of drug-likeness (QED) is 0.891. The second-order valence-electron chi connectivity index (χ2n) is 6.02. The summed E-state index contributed by atoms with van der Waals surface area (Å²) in [5.41, 5.74) is 7.79. The summed E-state index contributed by atoms with van der Waals surface area (Å²) in [6.07, 6.45) is 2.83. The molecule has 3 rings (SSSR count). The summed E-state index contributed by atoms with van der Waals surface area (Å²) in [4.78, 5) is 30.4. The minimum absolute atomic E-state index is 0.220. The molecular formula is C16H19N3O2S2. The molecule has 1 aliphatic rings. The van der Waals surface area contributed by atoms with Crippen LogP contribution in [0.25, 0.3) is 0 Å². The molecule has 0 saturated heterocycles. The number of anilines is 1. The van der Waals surface area contributed by atoms with Crippen molar-refractivity contribution in [2.45, 2.75) is 40.0 Å². The highest BCUT2D eigenvalue weighted by molar-refractivity contribution is 7.17. The standard InChI is InChI=1S/C16H19N3O2S2/c1-7-4-5-10-11(6-7)23-16(12(10)14(17)20)19-15(21)13-8(2)18-9(3)22-13/h7H,4-6H2,1-3H3,(H2,17,20)(H,19,21)/t7-/m1/s1. The SMILES string of the molecule is Cc1nc(C)c(C(=O)Nc2sc3c(c2C(N)=O)CC[C@@H](C)C3)s1. The first-order chi connectivity index (χ1) is 10.9. The molecule has 7 heteroatoms. The number of carbonyl (C=O) groups excluding carboxylic acids is 2. The number of amides is 2. The molecule has 122 valence electrons. The number of aryl methyl sites for hydroxylation is 2. The summed E-state index contributed by atoms with van der Waals surface area (Å²) in [6.45, 7) is 5.89. The van der Waals surface area contributed by atoms with Gasteiger partial charge in [-0.05, 0) is 44.6 Å². The normalized spacial score (nSPS) is 16.9. The van der Waals surface area contributed by atoms with Crippen LogP contribution in [-0.4, -0.2) is 16.8 Å². The van der Waals surface area contributed by atoms with Gasteiger partial charge in [-0.15, -0.1) is 22.7 Å². The van der Waals surface area contributed by atoms with Gasteiger partial charge in [0.25, 0.3) is 11.8 Å². The van der Waals surface area contributed by atoms with Crippen LogP contribution in [0.2, 0.25) is 0 Å². The molecule has 5 nitrogen and oxygen atoms in total. The maximum Gasteiger partial charge on any atom is 0.268 e. The molecule has 0 fully saturated rings. The molecule has 0 aliphatic heterocycles. The third-order valence-electron chi connectivity index (χ3n) is 4.09. The number of rotatable bonds is 3. The first-order valence-corrected chi connectivity index (χ1v) is 9.19. The molecule has 0 aromatic carbocycles. The molecule has 2 aromatic heterocycles. The summed E-state index contributed by atoms with van der Waals surface area (Å²) in [5, 5.41) is 4.31. The van der Waals surface area contributed by atoms with Crippen molar-refractivity contribution < 1.29 is 9.59 Å². The summed E-state index contributed by atoms with van der Waals surface area (Å²) < 4.78 is 0. The fourth-order valence-corrected chi connectivity index (χ4v) is 5.23. The zero-order chi connectivity index (χ0) is 16.7. The van der Waals surface area contributed by atoms with Gasteiger partial charge in [-0.2, -0.15) is 0 Å². The average Bonchev–Trinajstić information content (AvgIpc) is 2.97. The van der Waals surface area contributed by atoms with Crippen LogP contribution < -0.4 is 11.1 Å². The first-order valence-electron chi connectivity index (χ1n) is 7.56. The van der Waals surface area contributed by atoms with E-state index < -0.39 is 5.91 Å². The highest BCUT2D eigenvalue weighted by Gasteiger charge is 2.28. The Bertz CT molecular complexity index is 792. The smallest absolute Gasteiger partial charge is 0.268 e. The Morgan fingerprint density at radius 3 is 2.65 bits per heavy atom. The number of hydrogen-bond donors (Lipinski definition) is 2. The number of carbonyl (C=O) groups is 2. The van der Waals surface area contributed by atoms with Crippen molar-refractivity contribution in [3.05, 3.63) is 31.6 Å². The van der Waals surface area contributed by atoms with E-state index in [1.165, 1.54) is 27.6 Å². The third-order valence-corrected chi connectivity index (χ3v) is 6.34. The van der Waals surface area contributed by atoms with Gasteiger partial charge >= 0.3 is 0 Å². The van der Waals surface area contributed by atoms with E-state index in [2.05, 4.69) is 17.2 Å². The molecule has 2 heterocycles. The highest BCUT2D eigenvalue weighted by Crippen LogP contribution is 2.39. The molecule has 23 heavy (non-hydrogen) atoms. The van der Waals surface area contributed by atoms with E-state index in [0.29, 0.717) is 27.1 Å². The van der Waals surface area contributed by atoms with Crippen molar-refractivity contribution in [3.8, 4) is 0 Å². The monoisotopic (exact) mass is 349 g/mol. The largest absolute Gasteiger partial charge is 0.365 e. The van der Waals surface area contributed by atoms with Crippen molar-refractivity contribution >= 4 is 39.5 Å². The predicted octanol–water partition coefficient (Wildman–Crippen LogP) is 3.30. The van der Waals surface area contributed by atoms with Crippen LogP contribution in [0.15, 0.2) is 0 Å². The van der Waals surface area contributed by atoms with E-state index in [4.69, 9.17) is 5.73 Å². The number of nitrogens with zero attached hydrogens (tertiary/aromatic N) is 1. The molecule has 0 unspecified atom stereocenters. The van der Waals surface area contributed by atoms with Crippen molar-refractivity contribution in [2.75, 3.05) is 5.32 Å². The fourth-order valence-electron chi connectivity index (χ4n) is 3.00. The Kier molecular flexibility index (Phi) is 4.25. The van der Waals surface area contributed by atoms with E-state index in [9.17, 15) is 9.59 Å². The molecule has 0 bridgehead atoms. The van der Waals surface area contributed by atoms with Crippen LogP contribution in [0, 0.1) is 19.8 Å². The van der Waals surface area contributed by atoms with Gasteiger partial charge in [0.1, 0.15) is 9.88 Å². The van der Waals surface area contributed by atoms with E-state index in [1.807, 2.05) is 13.8 Å². The van der Waals surface area contributed by atoms with Crippen LogP contribution >= 0.6 is 22.7 Å². The van der Waals surface area contributed by atoms with Crippen molar-refractivity contribution in [1.82, 2.24) is 4.98 Å². The molecule has 0 saturated carbocycles. The van der Waals surface area contributed by atoms with Crippen LogP contribution in [0.4, 0.5) is 5.00 Å². The number of aromatic nitrogens is 1. The van der Waals surface area contributed by atoms with Crippen molar-refractivity contribution in [3.63, 3.8) is 0 Å². The molecule has 2 amide bonds. The number of hydrogen-bond acceptors (Lipinski definition) is 5. The number of primary amides is 1. The van der Waals surface area contributed by atoms with E-state index in [1.54, 1.807) is 0 Å². The van der Waals surface area contributed by atoms with E-state index in [0.717, 1.165) is 29.8 Å². The van der Waals surface area contributed by atoms with E-state index >= 15 is 0 Å². The molecule has 1 atom stereocenters. The maximum absolute atomic E-state index is 12.5. The summed E-state index contributed by atoms with van der Waals surface area (Å²) in [7, 11) is 0. The van der Waals surface area contributed by atoms with Crippen LogP contribution in [0.5, 0.6) is 0 Å². The lowest BCUT2D eigenvalue weighted by atomic mass is 9.88. The molecule has 3 N–H and O–H groups in total. The minimum atomic E-state index is -0.468. The van der Waals surface area contributed by atoms with Gasteiger partial charge in [0.15, 0.2) is 0 Å².